The van der Waals surface area contributed by atoms with Crippen LogP contribution in [0, 0.1) is 0 Å². The number of hydrogen-bond donors (Lipinski definition) is 2. The summed E-state index contributed by atoms with van der Waals surface area (Å²) in [5.74, 6) is -0.413. The SMILES string of the molecule is O=C(NCCCN1CCN(CCCNC(=O)c2cc(Cl)ccc2Cl)CC1)c1cc(Cl)ccc1Cl. The smallest absolute Gasteiger partial charge is 0.252 e. The highest BCUT2D eigenvalue weighted by atomic mass is 35.5. The van der Waals surface area contributed by atoms with Gasteiger partial charge in [0, 0.05) is 49.3 Å². The summed E-state index contributed by atoms with van der Waals surface area (Å²) in [7, 11) is 0. The molecule has 0 unspecified atom stereocenters. The van der Waals surface area contributed by atoms with Crippen LogP contribution in [0.1, 0.15) is 33.6 Å². The van der Waals surface area contributed by atoms with Crippen molar-refractivity contribution in [2.45, 2.75) is 12.8 Å². The Labute approximate surface area is 220 Å². The Kier molecular flexibility index (Phi) is 10.8. The van der Waals surface area contributed by atoms with Gasteiger partial charge in [-0.1, -0.05) is 46.4 Å². The second kappa shape index (κ2) is 13.5. The Morgan fingerprint density at radius 1 is 0.676 bits per heavy atom. The van der Waals surface area contributed by atoms with Gasteiger partial charge in [-0.2, -0.15) is 0 Å². The third-order valence-corrected chi connectivity index (χ3v) is 6.81. The maximum atomic E-state index is 12.3. The minimum absolute atomic E-state index is 0.206. The Balaban J connectivity index is 1.26. The summed E-state index contributed by atoms with van der Waals surface area (Å²) in [6, 6.07) is 9.73. The molecule has 184 valence electrons. The lowest BCUT2D eigenvalue weighted by molar-refractivity contribution is 0.0935. The van der Waals surface area contributed by atoms with Gasteiger partial charge in [-0.25, -0.2) is 0 Å². The van der Waals surface area contributed by atoms with Crippen LogP contribution in [0.25, 0.3) is 0 Å². The fraction of sp³-hybridized carbons (Fsp3) is 0.417. The highest BCUT2D eigenvalue weighted by Gasteiger charge is 2.17. The van der Waals surface area contributed by atoms with Crippen LogP contribution in [-0.2, 0) is 0 Å². The van der Waals surface area contributed by atoms with Gasteiger partial charge in [-0.15, -0.1) is 0 Å². The number of nitrogens with one attached hydrogen (secondary N) is 2. The molecule has 0 bridgehead atoms. The van der Waals surface area contributed by atoms with Crippen molar-refractivity contribution >= 4 is 58.2 Å². The maximum Gasteiger partial charge on any atom is 0.252 e. The Bertz CT molecular complexity index is 917. The molecule has 2 aromatic rings. The van der Waals surface area contributed by atoms with Crippen LogP contribution in [0.4, 0.5) is 0 Å². The predicted octanol–water partition coefficient (Wildman–Crippen LogP) is 4.86. The van der Waals surface area contributed by atoms with Crippen molar-refractivity contribution in [2.75, 3.05) is 52.4 Å². The number of carbonyl (C=O) groups excluding carboxylic acids is 2. The van der Waals surface area contributed by atoms with Crippen LogP contribution < -0.4 is 10.6 Å². The van der Waals surface area contributed by atoms with E-state index in [-0.39, 0.29) is 11.8 Å². The van der Waals surface area contributed by atoms with E-state index < -0.39 is 0 Å². The number of nitrogens with zero attached hydrogens (tertiary/aromatic N) is 2. The molecule has 0 saturated carbocycles. The van der Waals surface area contributed by atoms with Crippen LogP contribution >= 0.6 is 46.4 Å². The van der Waals surface area contributed by atoms with Crippen LogP contribution in [-0.4, -0.2) is 74.0 Å². The molecule has 2 aromatic carbocycles. The first-order chi connectivity index (χ1) is 16.3. The lowest BCUT2D eigenvalue weighted by atomic mass is 10.2. The molecule has 0 aromatic heterocycles. The van der Waals surface area contributed by atoms with Gasteiger partial charge >= 0.3 is 0 Å². The minimum Gasteiger partial charge on any atom is -0.352 e. The minimum atomic E-state index is -0.206. The molecule has 34 heavy (non-hydrogen) atoms. The molecule has 1 aliphatic rings. The zero-order valence-electron chi connectivity index (χ0n) is 18.8. The molecule has 0 spiro atoms. The largest absolute Gasteiger partial charge is 0.352 e. The monoisotopic (exact) mass is 544 g/mol. The van der Waals surface area contributed by atoms with E-state index in [9.17, 15) is 9.59 Å². The molecular weight excluding hydrogens is 518 g/mol. The molecule has 10 heteroatoms. The fourth-order valence-electron chi connectivity index (χ4n) is 3.78. The summed E-state index contributed by atoms with van der Waals surface area (Å²) in [6.45, 7) is 6.95. The van der Waals surface area contributed by atoms with Gasteiger partial charge in [-0.05, 0) is 62.3 Å². The molecule has 0 aliphatic carbocycles. The van der Waals surface area contributed by atoms with Crippen LogP contribution in [0.5, 0.6) is 0 Å². The van der Waals surface area contributed by atoms with E-state index in [2.05, 4.69) is 20.4 Å². The molecule has 1 aliphatic heterocycles. The number of rotatable bonds is 10. The van der Waals surface area contributed by atoms with E-state index in [1.807, 2.05) is 0 Å². The van der Waals surface area contributed by atoms with Crippen molar-refractivity contribution in [3.63, 3.8) is 0 Å². The number of amides is 2. The zero-order chi connectivity index (χ0) is 24.5. The lowest BCUT2D eigenvalue weighted by Gasteiger charge is -2.34. The number of carbonyl (C=O) groups is 2. The van der Waals surface area contributed by atoms with Crippen molar-refractivity contribution in [1.82, 2.24) is 20.4 Å². The molecule has 1 heterocycles. The highest BCUT2D eigenvalue weighted by Crippen LogP contribution is 2.21. The van der Waals surface area contributed by atoms with E-state index in [0.717, 1.165) is 52.1 Å². The topological polar surface area (TPSA) is 64.7 Å². The molecule has 0 atom stereocenters. The second-order valence-electron chi connectivity index (χ2n) is 8.15. The Morgan fingerprint density at radius 3 is 1.44 bits per heavy atom. The predicted molar refractivity (Wildman–Crippen MR) is 140 cm³/mol. The number of benzene rings is 2. The molecule has 3 rings (SSSR count). The number of halogens is 4. The van der Waals surface area contributed by atoms with E-state index in [1.165, 1.54) is 0 Å². The van der Waals surface area contributed by atoms with Crippen molar-refractivity contribution in [1.29, 1.82) is 0 Å². The third kappa shape index (κ3) is 8.29. The molecule has 6 nitrogen and oxygen atoms in total. The standard InChI is InChI=1S/C24H28Cl4N4O2/c25-17-3-5-21(27)19(15-17)23(33)29-7-1-9-31-11-13-32(14-12-31)10-2-8-30-24(34)20-16-18(26)4-6-22(20)28/h3-6,15-16H,1-2,7-14H2,(H,29,33)(H,30,34). The summed E-state index contributed by atoms with van der Waals surface area (Å²) < 4.78 is 0. The van der Waals surface area contributed by atoms with Crippen LogP contribution in [0.15, 0.2) is 36.4 Å². The molecule has 1 fully saturated rings. The third-order valence-electron chi connectivity index (χ3n) is 5.68. The van der Waals surface area contributed by atoms with Gasteiger partial charge in [0.2, 0.25) is 0 Å². The van der Waals surface area contributed by atoms with Gasteiger partial charge < -0.3 is 20.4 Å². The molecular formula is C24H28Cl4N4O2. The average molecular weight is 546 g/mol. The lowest BCUT2D eigenvalue weighted by Crippen LogP contribution is -2.47. The maximum absolute atomic E-state index is 12.3. The Hall–Kier alpha value is -1.54. The van der Waals surface area contributed by atoms with Gasteiger partial charge in [0.05, 0.1) is 21.2 Å². The summed E-state index contributed by atoms with van der Waals surface area (Å²) in [5, 5.41) is 7.58. The fourth-order valence-corrected chi connectivity index (χ4v) is 4.53. The summed E-state index contributed by atoms with van der Waals surface area (Å²) in [6.07, 6.45) is 1.73. The quantitative estimate of drug-likeness (QED) is 0.418. The average Bonchev–Trinajstić information content (AvgIpc) is 2.83. The molecule has 1 saturated heterocycles. The van der Waals surface area contributed by atoms with Gasteiger partial charge in [0.15, 0.2) is 0 Å². The second-order valence-corrected chi connectivity index (χ2v) is 9.84. The number of piperazine rings is 1. The van der Waals surface area contributed by atoms with Gasteiger partial charge in [0.25, 0.3) is 11.8 Å². The first kappa shape index (κ1) is 27.1. The number of hydrogen-bond acceptors (Lipinski definition) is 4. The zero-order valence-corrected chi connectivity index (χ0v) is 21.8. The molecule has 0 radical (unpaired) electrons. The Morgan fingerprint density at radius 2 is 1.06 bits per heavy atom. The van der Waals surface area contributed by atoms with Crippen molar-refractivity contribution in [3.05, 3.63) is 67.6 Å². The van der Waals surface area contributed by atoms with E-state index in [4.69, 9.17) is 46.4 Å². The van der Waals surface area contributed by atoms with E-state index >= 15 is 0 Å². The summed E-state index contributed by atoms with van der Waals surface area (Å²) >= 11 is 24.1. The first-order valence-electron chi connectivity index (χ1n) is 11.2. The molecule has 2 N–H and O–H groups in total. The van der Waals surface area contributed by atoms with Gasteiger partial charge in [0.1, 0.15) is 0 Å². The first-order valence-corrected chi connectivity index (χ1v) is 12.8. The van der Waals surface area contributed by atoms with Crippen molar-refractivity contribution in [3.8, 4) is 0 Å². The van der Waals surface area contributed by atoms with Gasteiger partial charge in [-0.3, -0.25) is 9.59 Å². The molecule has 2 amide bonds. The summed E-state index contributed by atoms with van der Waals surface area (Å²) in [5.41, 5.74) is 0.796. The van der Waals surface area contributed by atoms with Crippen molar-refractivity contribution in [2.24, 2.45) is 0 Å². The normalized spacial score (nSPS) is 14.7. The van der Waals surface area contributed by atoms with Crippen LogP contribution in [0.3, 0.4) is 0 Å². The highest BCUT2D eigenvalue weighted by molar-refractivity contribution is 6.36. The van der Waals surface area contributed by atoms with Crippen molar-refractivity contribution < 1.29 is 9.59 Å². The van der Waals surface area contributed by atoms with Crippen LogP contribution in [0.2, 0.25) is 20.1 Å². The van der Waals surface area contributed by atoms with E-state index in [1.54, 1.807) is 36.4 Å². The van der Waals surface area contributed by atoms with E-state index in [0.29, 0.717) is 44.3 Å². The summed E-state index contributed by atoms with van der Waals surface area (Å²) in [4.78, 5) is 29.4.